The number of rotatable bonds is 7. The molecule has 2 atom stereocenters. The van der Waals surface area contributed by atoms with Gasteiger partial charge in [0.15, 0.2) is 0 Å². The van der Waals surface area contributed by atoms with Crippen molar-refractivity contribution in [2.24, 2.45) is 0 Å². The van der Waals surface area contributed by atoms with Gasteiger partial charge in [0.2, 0.25) is 0 Å². The number of carbonyl (C=O) groups excluding carboxylic acids is 1. The molecular formula is C21H25N3O2. The number of nitrogens with one attached hydrogen (secondary N) is 3. The van der Waals surface area contributed by atoms with Gasteiger partial charge in [-0.15, -0.1) is 0 Å². The van der Waals surface area contributed by atoms with Gasteiger partial charge in [-0.05, 0) is 48.7 Å². The zero-order valence-corrected chi connectivity index (χ0v) is 14.9. The van der Waals surface area contributed by atoms with Crippen LogP contribution in [0.3, 0.4) is 0 Å². The van der Waals surface area contributed by atoms with Gasteiger partial charge in [0, 0.05) is 30.3 Å². The van der Waals surface area contributed by atoms with E-state index in [9.17, 15) is 4.79 Å². The Kier molecular flexibility index (Phi) is 6.04. The highest BCUT2D eigenvalue weighted by Crippen LogP contribution is 2.37. The Balaban J connectivity index is 1.45. The first-order chi connectivity index (χ1) is 12.7. The Morgan fingerprint density at radius 3 is 2.73 bits per heavy atom. The Morgan fingerprint density at radius 1 is 1.19 bits per heavy atom. The molecule has 26 heavy (non-hydrogen) atoms. The molecule has 0 aliphatic carbocycles. The largest absolute Gasteiger partial charge is 0.382 e. The minimum Gasteiger partial charge on any atom is -0.382 e. The lowest BCUT2D eigenvalue weighted by atomic mass is 9.93. The molecule has 1 aliphatic rings. The van der Waals surface area contributed by atoms with Crippen LogP contribution < -0.4 is 16.1 Å². The van der Waals surface area contributed by atoms with Crippen molar-refractivity contribution in [2.45, 2.75) is 31.8 Å². The number of fused-ring (bicyclic) bond motifs is 1. The summed E-state index contributed by atoms with van der Waals surface area (Å²) in [5, 5.41) is 15.5. The normalized spacial score (nSPS) is 18.5. The summed E-state index contributed by atoms with van der Waals surface area (Å²) in [6.07, 6.45) is 4.05. The van der Waals surface area contributed by atoms with E-state index in [0.29, 0.717) is 12.0 Å². The minimum absolute atomic E-state index is 0.469. The molecule has 0 bridgehead atoms. The monoisotopic (exact) mass is 351 g/mol. The Labute approximate surface area is 154 Å². The quantitative estimate of drug-likeness (QED) is 0.267. The standard InChI is InChI=1S/C21H25N3O2/c1-15-18(19-4-2-3-5-20(19)23-15)12-13-22-14-17-8-6-16(7-9-17)10-11-21(25)24-26/h2-11,15,18,22-23,26H,12-14H2,1H3,(H,24,25)/b11-10+. The molecule has 1 aliphatic heterocycles. The van der Waals surface area contributed by atoms with Gasteiger partial charge in [0.25, 0.3) is 5.91 Å². The molecule has 4 N–H and O–H groups in total. The van der Waals surface area contributed by atoms with Crippen molar-refractivity contribution < 1.29 is 10.0 Å². The number of para-hydroxylation sites is 1. The van der Waals surface area contributed by atoms with Gasteiger partial charge in [-0.25, -0.2) is 5.48 Å². The van der Waals surface area contributed by atoms with E-state index < -0.39 is 5.91 Å². The average Bonchev–Trinajstić information content (AvgIpc) is 2.99. The summed E-state index contributed by atoms with van der Waals surface area (Å²) < 4.78 is 0. The predicted octanol–water partition coefficient (Wildman–Crippen LogP) is 3.28. The lowest BCUT2D eigenvalue weighted by molar-refractivity contribution is -0.124. The molecule has 0 saturated carbocycles. The zero-order chi connectivity index (χ0) is 18.4. The molecule has 5 nitrogen and oxygen atoms in total. The minimum atomic E-state index is -0.534. The van der Waals surface area contributed by atoms with E-state index in [2.05, 4.69) is 41.8 Å². The molecule has 0 aromatic heterocycles. The number of benzene rings is 2. The fraction of sp³-hybridized carbons (Fsp3) is 0.286. The maximum absolute atomic E-state index is 11.0. The van der Waals surface area contributed by atoms with E-state index in [1.54, 1.807) is 11.6 Å². The van der Waals surface area contributed by atoms with Crippen LogP contribution in [0.25, 0.3) is 6.08 Å². The van der Waals surface area contributed by atoms with Gasteiger partial charge >= 0.3 is 0 Å². The third-order valence-corrected chi connectivity index (χ3v) is 4.83. The van der Waals surface area contributed by atoms with Crippen LogP contribution in [0.2, 0.25) is 0 Å². The van der Waals surface area contributed by atoms with Crippen LogP contribution in [-0.4, -0.2) is 23.7 Å². The summed E-state index contributed by atoms with van der Waals surface area (Å²) in [6, 6.07) is 17.0. The van der Waals surface area contributed by atoms with Crippen molar-refractivity contribution in [3.63, 3.8) is 0 Å². The number of hydroxylamine groups is 1. The van der Waals surface area contributed by atoms with Gasteiger partial charge in [0.05, 0.1) is 0 Å². The van der Waals surface area contributed by atoms with Gasteiger partial charge in [0.1, 0.15) is 0 Å². The van der Waals surface area contributed by atoms with Crippen molar-refractivity contribution in [1.29, 1.82) is 0 Å². The molecule has 2 aromatic rings. The Hall–Kier alpha value is -2.63. The van der Waals surface area contributed by atoms with Crippen molar-refractivity contribution in [3.8, 4) is 0 Å². The lowest BCUT2D eigenvalue weighted by Gasteiger charge is -2.16. The number of hydrogen-bond donors (Lipinski definition) is 4. The first kappa shape index (κ1) is 18.2. The molecule has 0 saturated heterocycles. The molecule has 0 fully saturated rings. The zero-order valence-electron chi connectivity index (χ0n) is 14.9. The molecule has 1 heterocycles. The second-order valence-corrected chi connectivity index (χ2v) is 6.64. The second-order valence-electron chi connectivity index (χ2n) is 6.64. The number of hydrogen-bond acceptors (Lipinski definition) is 4. The average molecular weight is 351 g/mol. The highest BCUT2D eigenvalue weighted by atomic mass is 16.5. The van der Waals surface area contributed by atoms with E-state index >= 15 is 0 Å². The van der Waals surface area contributed by atoms with Crippen LogP contribution in [0.1, 0.15) is 36.0 Å². The first-order valence-electron chi connectivity index (χ1n) is 8.94. The Morgan fingerprint density at radius 2 is 1.96 bits per heavy atom. The third-order valence-electron chi connectivity index (χ3n) is 4.83. The van der Waals surface area contributed by atoms with Crippen molar-refractivity contribution in [3.05, 3.63) is 71.3 Å². The summed E-state index contributed by atoms with van der Waals surface area (Å²) in [5.41, 5.74) is 6.38. The molecule has 2 unspecified atom stereocenters. The highest BCUT2D eigenvalue weighted by molar-refractivity contribution is 5.90. The van der Waals surface area contributed by atoms with Crippen LogP contribution in [-0.2, 0) is 11.3 Å². The molecule has 136 valence electrons. The van der Waals surface area contributed by atoms with E-state index in [0.717, 1.165) is 25.1 Å². The molecule has 3 rings (SSSR count). The van der Waals surface area contributed by atoms with E-state index in [-0.39, 0.29) is 0 Å². The smallest absolute Gasteiger partial charge is 0.267 e. The van der Waals surface area contributed by atoms with Gasteiger partial charge in [-0.1, -0.05) is 42.5 Å². The predicted molar refractivity (Wildman–Crippen MR) is 104 cm³/mol. The van der Waals surface area contributed by atoms with E-state index in [1.165, 1.54) is 22.9 Å². The number of carbonyl (C=O) groups is 1. The van der Waals surface area contributed by atoms with Crippen LogP contribution in [0, 0.1) is 0 Å². The summed E-state index contributed by atoms with van der Waals surface area (Å²) in [5.74, 6) is 0.0110. The van der Waals surface area contributed by atoms with E-state index in [1.807, 2.05) is 24.3 Å². The number of anilines is 1. The summed E-state index contributed by atoms with van der Waals surface area (Å²) >= 11 is 0. The van der Waals surface area contributed by atoms with Crippen LogP contribution in [0.5, 0.6) is 0 Å². The molecular weight excluding hydrogens is 326 g/mol. The summed E-state index contributed by atoms with van der Waals surface area (Å²) in [6.45, 7) is 4.02. The topological polar surface area (TPSA) is 73.4 Å². The summed E-state index contributed by atoms with van der Waals surface area (Å²) in [4.78, 5) is 11.0. The van der Waals surface area contributed by atoms with Gasteiger partial charge in [-0.2, -0.15) is 0 Å². The maximum Gasteiger partial charge on any atom is 0.267 e. The molecule has 0 spiro atoms. The molecule has 1 amide bonds. The van der Waals surface area contributed by atoms with Crippen molar-refractivity contribution >= 4 is 17.7 Å². The SMILES string of the molecule is CC1Nc2ccccc2C1CCNCc1ccc(/C=C/C(=O)NO)cc1. The molecule has 5 heteroatoms. The fourth-order valence-electron chi connectivity index (χ4n) is 3.42. The second kappa shape index (κ2) is 8.65. The highest BCUT2D eigenvalue weighted by Gasteiger charge is 2.27. The van der Waals surface area contributed by atoms with Crippen LogP contribution in [0.4, 0.5) is 5.69 Å². The lowest BCUT2D eigenvalue weighted by Crippen LogP contribution is -2.22. The van der Waals surface area contributed by atoms with Crippen molar-refractivity contribution in [1.82, 2.24) is 10.8 Å². The van der Waals surface area contributed by atoms with Gasteiger partial charge < -0.3 is 10.6 Å². The van der Waals surface area contributed by atoms with Crippen LogP contribution in [0.15, 0.2) is 54.6 Å². The first-order valence-corrected chi connectivity index (χ1v) is 8.94. The molecule has 2 aromatic carbocycles. The third kappa shape index (κ3) is 4.50. The number of amides is 1. The summed E-state index contributed by atoms with van der Waals surface area (Å²) in [7, 11) is 0. The van der Waals surface area contributed by atoms with Crippen LogP contribution >= 0.6 is 0 Å². The molecule has 0 radical (unpaired) electrons. The maximum atomic E-state index is 11.0. The fourth-order valence-corrected chi connectivity index (χ4v) is 3.42. The van der Waals surface area contributed by atoms with E-state index in [4.69, 9.17) is 5.21 Å². The van der Waals surface area contributed by atoms with Gasteiger partial charge in [-0.3, -0.25) is 10.0 Å². The Bertz CT molecular complexity index is 771. The van der Waals surface area contributed by atoms with Crippen molar-refractivity contribution in [2.75, 3.05) is 11.9 Å².